The summed E-state index contributed by atoms with van der Waals surface area (Å²) in [5, 5.41) is 4.62. The molecule has 6 heteroatoms. The van der Waals surface area contributed by atoms with Crippen LogP contribution < -0.4 is 5.73 Å². The highest BCUT2D eigenvalue weighted by Crippen LogP contribution is 2.24. The molecule has 0 aliphatic heterocycles. The highest BCUT2D eigenvalue weighted by Gasteiger charge is 2.09. The predicted molar refractivity (Wildman–Crippen MR) is 64.8 cm³/mol. The number of fused-ring (bicyclic) bond motifs is 1. The normalized spacial score (nSPS) is 11.1. The van der Waals surface area contributed by atoms with Gasteiger partial charge in [0.05, 0.1) is 16.9 Å². The molecule has 0 aliphatic carbocycles. The number of hydrogen-bond acceptors (Lipinski definition) is 4. The molecule has 1 aromatic carbocycles. The van der Waals surface area contributed by atoms with Crippen LogP contribution in [0.2, 0.25) is 5.02 Å². The summed E-state index contributed by atoms with van der Waals surface area (Å²) < 4.78 is 7.23. The number of benzene rings is 1. The Bertz CT molecular complexity index is 673. The average Bonchev–Trinajstić information content (AvgIpc) is 2.86. The van der Waals surface area contributed by atoms with Gasteiger partial charge in [-0.2, -0.15) is 5.10 Å². The van der Waals surface area contributed by atoms with E-state index in [0.29, 0.717) is 28.7 Å². The summed E-state index contributed by atoms with van der Waals surface area (Å²) in [6, 6.07) is 5.46. The molecule has 0 unspecified atom stereocenters. The van der Waals surface area contributed by atoms with E-state index in [1.165, 1.54) is 0 Å². The van der Waals surface area contributed by atoms with Crippen molar-refractivity contribution < 1.29 is 4.42 Å². The molecule has 0 spiro atoms. The monoisotopic (exact) mass is 248 g/mol. The van der Waals surface area contributed by atoms with Gasteiger partial charge in [-0.25, -0.2) is 4.98 Å². The van der Waals surface area contributed by atoms with Crippen LogP contribution in [0.4, 0.5) is 5.69 Å². The van der Waals surface area contributed by atoms with E-state index in [4.69, 9.17) is 21.8 Å². The highest BCUT2D eigenvalue weighted by molar-refractivity contribution is 6.34. The van der Waals surface area contributed by atoms with E-state index < -0.39 is 0 Å². The van der Waals surface area contributed by atoms with Gasteiger partial charge in [0, 0.05) is 6.20 Å². The number of hydrogen-bond donors (Lipinski definition) is 1. The number of aromatic nitrogens is 3. The first-order chi connectivity index (χ1) is 8.22. The first-order valence-corrected chi connectivity index (χ1v) is 5.42. The zero-order chi connectivity index (χ0) is 11.8. The summed E-state index contributed by atoms with van der Waals surface area (Å²) in [6.45, 7) is 0.433. The molecule has 0 radical (unpaired) electrons. The van der Waals surface area contributed by atoms with Crippen LogP contribution in [0, 0.1) is 0 Å². The van der Waals surface area contributed by atoms with Crippen LogP contribution in [0.15, 0.2) is 35.0 Å². The van der Waals surface area contributed by atoms with Gasteiger partial charge in [0.1, 0.15) is 12.1 Å². The molecule has 3 aromatic rings. The van der Waals surface area contributed by atoms with Gasteiger partial charge >= 0.3 is 0 Å². The third-order valence-electron chi connectivity index (χ3n) is 2.36. The van der Waals surface area contributed by atoms with Crippen LogP contribution in [0.5, 0.6) is 0 Å². The zero-order valence-corrected chi connectivity index (χ0v) is 9.55. The fraction of sp³-hybridized carbons (Fsp3) is 0.0909. The first kappa shape index (κ1) is 10.2. The zero-order valence-electron chi connectivity index (χ0n) is 8.80. The van der Waals surface area contributed by atoms with Crippen LogP contribution in [-0.2, 0) is 6.54 Å². The van der Waals surface area contributed by atoms with Crippen LogP contribution >= 0.6 is 11.6 Å². The van der Waals surface area contributed by atoms with Crippen LogP contribution in [-0.4, -0.2) is 14.8 Å². The lowest BCUT2D eigenvalue weighted by molar-refractivity contribution is 0.492. The Kier molecular flexibility index (Phi) is 2.26. The Morgan fingerprint density at radius 3 is 3.00 bits per heavy atom. The van der Waals surface area contributed by atoms with Crippen molar-refractivity contribution in [1.29, 1.82) is 0 Å². The lowest BCUT2D eigenvalue weighted by atomic mass is 10.3. The second-order valence-corrected chi connectivity index (χ2v) is 4.07. The lowest BCUT2D eigenvalue weighted by Crippen LogP contribution is -1.99. The molecular weight excluding hydrogens is 240 g/mol. The van der Waals surface area contributed by atoms with E-state index in [-0.39, 0.29) is 0 Å². The van der Waals surface area contributed by atoms with Gasteiger partial charge in [0.2, 0.25) is 5.89 Å². The predicted octanol–water partition coefficient (Wildman–Crippen LogP) is 2.31. The maximum atomic E-state index is 6.00. The van der Waals surface area contributed by atoms with Crippen molar-refractivity contribution in [2.45, 2.75) is 6.54 Å². The van der Waals surface area contributed by atoms with E-state index in [1.54, 1.807) is 23.1 Å². The molecule has 2 N–H and O–H groups in total. The topological polar surface area (TPSA) is 69.9 Å². The Morgan fingerprint density at radius 1 is 1.41 bits per heavy atom. The molecule has 3 rings (SSSR count). The molecule has 0 aliphatic rings. The van der Waals surface area contributed by atoms with Crippen LogP contribution in [0.1, 0.15) is 5.89 Å². The first-order valence-electron chi connectivity index (χ1n) is 5.04. The summed E-state index contributed by atoms with van der Waals surface area (Å²) in [6.07, 6.45) is 3.30. The average molecular weight is 249 g/mol. The smallest absolute Gasteiger partial charge is 0.217 e. The number of oxazole rings is 1. The van der Waals surface area contributed by atoms with Gasteiger partial charge in [0.15, 0.2) is 5.58 Å². The van der Waals surface area contributed by atoms with E-state index in [9.17, 15) is 0 Å². The number of halogens is 1. The maximum Gasteiger partial charge on any atom is 0.217 e. The summed E-state index contributed by atoms with van der Waals surface area (Å²) in [4.78, 5) is 4.33. The second kappa shape index (κ2) is 3.78. The Morgan fingerprint density at radius 2 is 2.29 bits per heavy atom. The van der Waals surface area contributed by atoms with Gasteiger partial charge in [0.25, 0.3) is 0 Å². The van der Waals surface area contributed by atoms with Crippen molar-refractivity contribution in [3.05, 3.63) is 41.5 Å². The molecule has 86 valence electrons. The molecular formula is C11H9ClN4O. The number of anilines is 1. The third-order valence-corrected chi connectivity index (χ3v) is 2.66. The van der Waals surface area contributed by atoms with E-state index in [1.807, 2.05) is 12.1 Å². The minimum atomic E-state index is 0.433. The SMILES string of the molecule is Nc1cnn(Cc2nc3cccc(Cl)c3o2)c1. The molecule has 0 bridgehead atoms. The summed E-state index contributed by atoms with van der Waals surface area (Å²) in [7, 11) is 0. The quantitative estimate of drug-likeness (QED) is 0.756. The molecule has 0 saturated carbocycles. The van der Waals surface area contributed by atoms with Crippen LogP contribution in [0.3, 0.4) is 0 Å². The van der Waals surface area contributed by atoms with Crippen molar-refractivity contribution in [1.82, 2.24) is 14.8 Å². The van der Waals surface area contributed by atoms with E-state index >= 15 is 0 Å². The van der Waals surface area contributed by atoms with Gasteiger partial charge in [-0.1, -0.05) is 17.7 Å². The highest BCUT2D eigenvalue weighted by atomic mass is 35.5. The summed E-state index contributed by atoms with van der Waals surface area (Å²) >= 11 is 6.00. The summed E-state index contributed by atoms with van der Waals surface area (Å²) in [5.41, 5.74) is 7.53. The van der Waals surface area contributed by atoms with Crippen LogP contribution in [0.25, 0.3) is 11.1 Å². The molecule has 0 saturated heterocycles. The minimum Gasteiger partial charge on any atom is -0.437 e. The van der Waals surface area contributed by atoms with Gasteiger partial charge < -0.3 is 10.2 Å². The largest absolute Gasteiger partial charge is 0.437 e. The fourth-order valence-corrected chi connectivity index (χ4v) is 1.84. The minimum absolute atomic E-state index is 0.433. The number of nitrogens with zero attached hydrogens (tertiary/aromatic N) is 3. The second-order valence-electron chi connectivity index (χ2n) is 3.67. The lowest BCUT2D eigenvalue weighted by Gasteiger charge is -1.94. The van der Waals surface area contributed by atoms with E-state index in [0.717, 1.165) is 5.52 Å². The Balaban J connectivity index is 1.98. The number of para-hydroxylation sites is 1. The molecule has 2 aromatic heterocycles. The Hall–Kier alpha value is -2.01. The number of rotatable bonds is 2. The molecule has 2 heterocycles. The van der Waals surface area contributed by atoms with Crippen molar-refractivity contribution in [3.63, 3.8) is 0 Å². The number of nitrogen functional groups attached to an aromatic ring is 1. The Labute approximate surface area is 102 Å². The van der Waals surface area contributed by atoms with Gasteiger partial charge in [-0.05, 0) is 12.1 Å². The van der Waals surface area contributed by atoms with Crippen molar-refractivity contribution >= 4 is 28.4 Å². The summed E-state index contributed by atoms with van der Waals surface area (Å²) in [5.74, 6) is 0.552. The molecule has 0 fully saturated rings. The fourth-order valence-electron chi connectivity index (χ4n) is 1.63. The van der Waals surface area contributed by atoms with Crippen molar-refractivity contribution in [2.24, 2.45) is 0 Å². The molecule has 0 atom stereocenters. The van der Waals surface area contributed by atoms with Gasteiger partial charge in [-0.3, -0.25) is 4.68 Å². The molecule has 17 heavy (non-hydrogen) atoms. The number of nitrogens with two attached hydrogens (primary N) is 1. The molecule has 5 nitrogen and oxygen atoms in total. The standard InChI is InChI=1S/C11H9ClN4O/c12-8-2-1-3-9-11(8)17-10(15-9)6-16-5-7(13)4-14-16/h1-5H,6,13H2. The van der Waals surface area contributed by atoms with Gasteiger partial charge in [-0.15, -0.1) is 0 Å². The van der Waals surface area contributed by atoms with Crippen molar-refractivity contribution in [3.8, 4) is 0 Å². The maximum absolute atomic E-state index is 6.00. The van der Waals surface area contributed by atoms with Crippen molar-refractivity contribution in [2.75, 3.05) is 5.73 Å². The molecule has 0 amide bonds. The third kappa shape index (κ3) is 1.85. The van der Waals surface area contributed by atoms with E-state index in [2.05, 4.69) is 10.1 Å².